The molecule has 1 nitrogen and oxygen atoms in total. The third-order valence-electron chi connectivity index (χ3n) is 5.49. The molecule has 1 saturated carbocycles. The molecule has 21 heavy (non-hydrogen) atoms. The molecular formula is C20H30O. The van der Waals surface area contributed by atoms with Crippen LogP contribution in [0.2, 0.25) is 0 Å². The minimum atomic E-state index is 0.375. The van der Waals surface area contributed by atoms with Gasteiger partial charge in [0.05, 0.1) is 0 Å². The van der Waals surface area contributed by atoms with Gasteiger partial charge in [-0.2, -0.15) is 0 Å². The molecule has 2 aliphatic carbocycles. The first-order valence-electron chi connectivity index (χ1n) is 8.42. The molecular weight excluding hydrogens is 256 g/mol. The number of carbonyl (C=O) groups excluding carboxylic acids is 1. The van der Waals surface area contributed by atoms with E-state index in [9.17, 15) is 4.79 Å². The second-order valence-corrected chi connectivity index (χ2v) is 7.53. The molecule has 0 radical (unpaired) electrons. The summed E-state index contributed by atoms with van der Waals surface area (Å²) in [5.41, 5.74) is 4.36. The van der Waals surface area contributed by atoms with Gasteiger partial charge in [0.1, 0.15) is 6.29 Å². The summed E-state index contributed by atoms with van der Waals surface area (Å²) in [6.07, 6.45) is 14.7. The van der Waals surface area contributed by atoms with Crippen LogP contribution < -0.4 is 0 Å². The maximum Gasteiger partial charge on any atom is 0.145 e. The highest BCUT2D eigenvalue weighted by Crippen LogP contribution is 2.61. The number of hydrogen-bond donors (Lipinski definition) is 0. The summed E-state index contributed by atoms with van der Waals surface area (Å²) < 4.78 is 0. The molecule has 116 valence electrons. The van der Waals surface area contributed by atoms with E-state index >= 15 is 0 Å². The van der Waals surface area contributed by atoms with E-state index in [4.69, 9.17) is 0 Å². The van der Waals surface area contributed by atoms with Gasteiger partial charge in [-0.1, -0.05) is 43.2 Å². The molecule has 0 heterocycles. The Hall–Kier alpha value is -1.11. The van der Waals surface area contributed by atoms with Crippen molar-refractivity contribution >= 4 is 6.29 Å². The van der Waals surface area contributed by atoms with Crippen LogP contribution in [0.15, 0.2) is 34.9 Å². The van der Waals surface area contributed by atoms with E-state index in [1.165, 1.54) is 24.0 Å². The van der Waals surface area contributed by atoms with Crippen LogP contribution in [0.25, 0.3) is 0 Å². The number of fused-ring (bicyclic) bond motifs is 1. The smallest absolute Gasteiger partial charge is 0.145 e. The number of allylic oxidation sites excluding steroid dienone is 6. The molecule has 2 atom stereocenters. The van der Waals surface area contributed by atoms with Crippen molar-refractivity contribution in [2.24, 2.45) is 17.3 Å². The number of rotatable bonds is 1. The Morgan fingerprint density at radius 1 is 1.05 bits per heavy atom. The Labute approximate surface area is 130 Å². The molecule has 0 saturated heterocycles. The minimum absolute atomic E-state index is 0.375. The Morgan fingerprint density at radius 3 is 2.33 bits per heavy atom. The van der Waals surface area contributed by atoms with Crippen molar-refractivity contribution in [3.8, 4) is 0 Å². The topological polar surface area (TPSA) is 17.1 Å². The summed E-state index contributed by atoms with van der Waals surface area (Å²) >= 11 is 0. The van der Waals surface area contributed by atoms with E-state index < -0.39 is 0 Å². The van der Waals surface area contributed by atoms with Gasteiger partial charge in [0.2, 0.25) is 0 Å². The summed E-state index contributed by atoms with van der Waals surface area (Å²) in [5.74, 6) is 1.34. The predicted octanol–water partition coefficient (Wildman–Crippen LogP) is 5.63. The molecule has 1 heteroatoms. The minimum Gasteiger partial charge on any atom is -0.298 e. The number of aldehydes is 1. The second-order valence-electron chi connectivity index (χ2n) is 7.53. The lowest BCUT2D eigenvalue weighted by molar-refractivity contribution is -0.105. The van der Waals surface area contributed by atoms with Crippen molar-refractivity contribution in [1.82, 2.24) is 0 Å². The van der Waals surface area contributed by atoms with Gasteiger partial charge in [-0.15, -0.1) is 0 Å². The first-order valence-corrected chi connectivity index (χ1v) is 8.42. The maximum atomic E-state index is 11.3. The molecule has 0 unspecified atom stereocenters. The standard InChI is InChI=1S/C20H30O/c1-15-7-5-8-16(2)11-12-18-19(20(18,3)4)13-17(14-21)10-6-9-15/h8-9,13-14,18-19H,5-7,10-12H2,1-4H3/b15-9-,16-8-,17-13+/t18-,19-/m1/s1. The highest BCUT2D eigenvalue weighted by molar-refractivity contribution is 5.73. The normalized spacial score (nSPS) is 37.6. The lowest BCUT2D eigenvalue weighted by Crippen LogP contribution is -1.91. The summed E-state index contributed by atoms with van der Waals surface area (Å²) in [6.45, 7) is 9.17. The maximum absolute atomic E-state index is 11.3. The highest BCUT2D eigenvalue weighted by Gasteiger charge is 2.55. The largest absolute Gasteiger partial charge is 0.298 e. The predicted molar refractivity (Wildman–Crippen MR) is 90.1 cm³/mol. The fourth-order valence-corrected chi connectivity index (χ4v) is 3.70. The monoisotopic (exact) mass is 286 g/mol. The quantitative estimate of drug-likeness (QED) is 0.451. The molecule has 0 N–H and O–H groups in total. The van der Waals surface area contributed by atoms with E-state index in [0.29, 0.717) is 11.3 Å². The van der Waals surface area contributed by atoms with Crippen molar-refractivity contribution in [3.63, 3.8) is 0 Å². The molecule has 2 rings (SSSR count). The SMILES string of the molecule is C/C1=C/CC/C(C=O)=C\[C@@H]2[C@@H](CC/C(C)=C\CC1)C2(C)C. The van der Waals surface area contributed by atoms with Gasteiger partial charge in [-0.25, -0.2) is 0 Å². The fourth-order valence-electron chi connectivity index (χ4n) is 3.70. The zero-order valence-electron chi connectivity index (χ0n) is 14.1. The van der Waals surface area contributed by atoms with Crippen LogP contribution in [0, 0.1) is 17.3 Å². The first kappa shape index (κ1) is 16.3. The van der Waals surface area contributed by atoms with Gasteiger partial charge < -0.3 is 0 Å². The third kappa shape index (κ3) is 4.18. The van der Waals surface area contributed by atoms with Crippen molar-refractivity contribution in [2.45, 2.75) is 66.2 Å². The molecule has 0 spiro atoms. The van der Waals surface area contributed by atoms with Crippen LogP contribution in [0.1, 0.15) is 66.2 Å². The molecule has 1 fully saturated rings. The summed E-state index contributed by atoms with van der Waals surface area (Å²) in [5, 5.41) is 0. The van der Waals surface area contributed by atoms with Gasteiger partial charge in [0.15, 0.2) is 0 Å². The molecule has 0 amide bonds. The summed E-state index contributed by atoms with van der Waals surface area (Å²) in [7, 11) is 0. The summed E-state index contributed by atoms with van der Waals surface area (Å²) in [4.78, 5) is 11.3. The summed E-state index contributed by atoms with van der Waals surface area (Å²) in [6, 6.07) is 0. The molecule has 0 bridgehead atoms. The molecule has 0 aromatic rings. The lowest BCUT2D eigenvalue weighted by Gasteiger charge is -2.05. The van der Waals surface area contributed by atoms with Crippen molar-refractivity contribution in [2.75, 3.05) is 0 Å². The van der Waals surface area contributed by atoms with Gasteiger partial charge in [-0.3, -0.25) is 4.79 Å². The molecule has 2 aliphatic rings. The van der Waals surface area contributed by atoms with E-state index in [1.807, 2.05) is 0 Å². The number of hydrogen-bond acceptors (Lipinski definition) is 1. The van der Waals surface area contributed by atoms with Gasteiger partial charge in [-0.05, 0) is 75.2 Å². The third-order valence-corrected chi connectivity index (χ3v) is 5.49. The Kier molecular flexibility index (Phi) is 5.24. The average molecular weight is 286 g/mol. The average Bonchev–Trinajstić information content (AvgIpc) is 2.94. The van der Waals surface area contributed by atoms with E-state index in [-0.39, 0.29) is 0 Å². The number of carbonyl (C=O) groups is 1. The Balaban J connectivity index is 2.15. The fraction of sp³-hybridized carbons (Fsp3) is 0.650. The van der Waals surface area contributed by atoms with Crippen LogP contribution in [0.4, 0.5) is 0 Å². The van der Waals surface area contributed by atoms with Gasteiger partial charge >= 0.3 is 0 Å². The molecule has 0 aliphatic heterocycles. The van der Waals surface area contributed by atoms with Crippen molar-refractivity contribution in [3.05, 3.63) is 34.9 Å². The molecule has 0 aromatic heterocycles. The van der Waals surface area contributed by atoms with Crippen LogP contribution in [-0.2, 0) is 4.79 Å². The highest BCUT2D eigenvalue weighted by atomic mass is 16.1. The first-order chi connectivity index (χ1) is 9.95. The van der Waals surface area contributed by atoms with E-state index in [0.717, 1.165) is 43.5 Å². The second kappa shape index (κ2) is 6.77. The van der Waals surface area contributed by atoms with Crippen LogP contribution >= 0.6 is 0 Å². The lowest BCUT2D eigenvalue weighted by atomic mass is 10.0. The van der Waals surface area contributed by atoms with Crippen molar-refractivity contribution in [1.29, 1.82) is 0 Å². The Morgan fingerprint density at radius 2 is 1.67 bits per heavy atom. The van der Waals surface area contributed by atoms with E-state index in [1.54, 1.807) is 0 Å². The zero-order chi connectivity index (χ0) is 15.5. The van der Waals surface area contributed by atoms with Crippen molar-refractivity contribution < 1.29 is 4.79 Å². The zero-order valence-corrected chi connectivity index (χ0v) is 14.1. The van der Waals surface area contributed by atoms with E-state index in [2.05, 4.69) is 45.9 Å². The van der Waals surface area contributed by atoms with Crippen LogP contribution in [0.3, 0.4) is 0 Å². The van der Waals surface area contributed by atoms with Gasteiger partial charge in [0, 0.05) is 0 Å². The van der Waals surface area contributed by atoms with Crippen LogP contribution in [-0.4, -0.2) is 6.29 Å². The Bertz CT molecular complexity index is 476. The van der Waals surface area contributed by atoms with Gasteiger partial charge in [0.25, 0.3) is 0 Å². The molecule has 0 aromatic carbocycles. The van der Waals surface area contributed by atoms with Crippen LogP contribution in [0.5, 0.6) is 0 Å².